The topological polar surface area (TPSA) is 63.9 Å². The Labute approximate surface area is 205 Å². The molecule has 0 saturated heterocycles. The summed E-state index contributed by atoms with van der Waals surface area (Å²) in [6, 6.07) is 7.97. The molecule has 1 aromatic carbocycles. The number of hydrogen-bond donors (Lipinski definition) is 2. The van der Waals surface area contributed by atoms with Gasteiger partial charge in [0.2, 0.25) is 5.91 Å². The third-order valence-electron chi connectivity index (χ3n) is 5.03. The highest BCUT2D eigenvalue weighted by Gasteiger charge is 2.22. The summed E-state index contributed by atoms with van der Waals surface area (Å²) >= 11 is 17.8. The number of thiophene rings is 1. The Morgan fingerprint density at radius 3 is 2.71 bits per heavy atom. The third kappa shape index (κ3) is 6.33. The van der Waals surface area contributed by atoms with E-state index in [1.165, 1.54) is 4.88 Å². The van der Waals surface area contributed by atoms with Gasteiger partial charge in [-0.15, -0.1) is 11.3 Å². The second kappa shape index (κ2) is 11.5. The van der Waals surface area contributed by atoms with Crippen molar-refractivity contribution in [3.63, 3.8) is 0 Å². The molecule has 0 atom stereocenters. The molecule has 3 rings (SSSR count). The summed E-state index contributed by atoms with van der Waals surface area (Å²) in [5, 5.41) is 3.90. The summed E-state index contributed by atoms with van der Waals surface area (Å²) < 4.78 is 5.51. The van der Waals surface area contributed by atoms with Crippen LogP contribution in [0, 0.1) is 0 Å². The van der Waals surface area contributed by atoms with Crippen LogP contribution in [-0.4, -0.2) is 23.6 Å². The van der Waals surface area contributed by atoms with Crippen LogP contribution in [0.1, 0.15) is 36.4 Å². The number of amides is 1. The number of halogens is 3. The number of hydrogen-bond acceptors (Lipinski definition) is 3. The van der Waals surface area contributed by atoms with E-state index < -0.39 is 0 Å². The summed E-state index contributed by atoms with van der Waals surface area (Å²) in [4.78, 5) is 12.9. The molecule has 3 aromatic rings. The van der Waals surface area contributed by atoms with E-state index in [2.05, 4.69) is 48.6 Å². The largest absolute Gasteiger partial charge is 0.355 e. The molecule has 0 bridgehead atoms. The minimum Gasteiger partial charge on any atom is -0.355 e. The molecule has 2 aromatic heterocycles. The number of benzene rings is 1. The van der Waals surface area contributed by atoms with Gasteiger partial charge in [-0.3, -0.25) is 4.79 Å². The van der Waals surface area contributed by atoms with Crippen LogP contribution in [0.15, 0.2) is 28.1 Å². The van der Waals surface area contributed by atoms with E-state index in [1.54, 1.807) is 11.3 Å². The molecule has 0 unspecified atom stereocenters. The van der Waals surface area contributed by atoms with E-state index in [1.807, 2.05) is 25.2 Å². The molecule has 0 spiro atoms. The van der Waals surface area contributed by atoms with Crippen molar-refractivity contribution in [1.29, 1.82) is 0 Å². The molecule has 0 aliphatic rings. The maximum absolute atomic E-state index is 11.7. The molecule has 0 fully saturated rings. The summed E-state index contributed by atoms with van der Waals surface area (Å²) in [7, 11) is 2.04. The van der Waals surface area contributed by atoms with Crippen LogP contribution in [-0.2, 0) is 18.4 Å². The van der Waals surface area contributed by atoms with Gasteiger partial charge in [0, 0.05) is 42.6 Å². The second-order valence-electron chi connectivity index (χ2n) is 7.25. The lowest BCUT2D eigenvalue weighted by Crippen LogP contribution is -2.31. The quantitative estimate of drug-likeness (QED) is 0.265. The van der Waals surface area contributed by atoms with Gasteiger partial charge in [-0.05, 0) is 53.4 Å². The summed E-state index contributed by atoms with van der Waals surface area (Å²) in [5.74, 6) is 1.13. The van der Waals surface area contributed by atoms with E-state index in [0.29, 0.717) is 29.6 Å². The van der Waals surface area contributed by atoms with Crippen LogP contribution in [0.25, 0.3) is 23.2 Å². The molecule has 9 heteroatoms. The number of fused-ring (bicyclic) bond motifs is 1. The van der Waals surface area contributed by atoms with Crippen LogP contribution in [0.3, 0.4) is 0 Å². The number of aromatic nitrogens is 2. The van der Waals surface area contributed by atoms with Crippen molar-refractivity contribution in [2.75, 3.05) is 13.1 Å². The van der Waals surface area contributed by atoms with Crippen LogP contribution < -0.4 is 15.6 Å². The monoisotopic (exact) mass is 543 g/mol. The molecule has 2 heterocycles. The Hall–Kier alpha value is -1.38. The Balaban J connectivity index is 1.78. The number of nitrogens with zero attached hydrogens (tertiary/aromatic N) is 2. The minimum absolute atomic E-state index is 0.0652. The summed E-state index contributed by atoms with van der Waals surface area (Å²) in [5.41, 5.74) is 7.49. The molecule has 0 saturated carbocycles. The van der Waals surface area contributed by atoms with Crippen molar-refractivity contribution in [1.82, 2.24) is 9.88 Å². The van der Waals surface area contributed by atoms with Crippen LogP contribution in [0.5, 0.6) is 0 Å². The Morgan fingerprint density at radius 2 is 2.00 bits per heavy atom. The summed E-state index contributed by atoms with van der Waals surface area (Å²) in [6.45, 7) is 1.83. The maximum atomic E-state index is 11.7. The maximum Gasteiger partial charge on any atom is 0.282 e. The lowest BCUT2D eigenvalue weighted by atomic mass is 10.2. The molecule has 5 nitrogen and oxygen atoms in total. The number of carbonyl (C=O) groups is 1. The Kier molecular flexibility index (Phi) is 8.98. The zero-order chi connectivity index (χ0) is 22.4. The van der Waals surface area contributed by atoms with Crippen LogP contribution in [0.4, 0.5) is 0 Å². The highest BCUT2D eigenvalue weighted by atomic mass is 79.9. The second-order valence-corrected chi connectivity index (χ2v) is 10.6. The number of rotatable bonds is 10. The minimum atomic E-state index is 0.0652. The highest BCUT2D eigenvalue weighted by molar-refractivity contribution is 9.11. The number of aryl methyl sites for hydroxylation is 2. The SMILES string of the molecule is C[n+]1c(/C=C/c2ccc(Br)s2)n(CCCCCC(=O)NCCN)c2cc(Cl)c(Cl)cc21. The number of carbonyl (C=O) groups excluding carboxylic acids is 1. The number of nitrogens with one attached hydrogen (secondary N) is 1. The van der Waals surface area contributed by atoms with Gasteiger partial charge in [-0.25, -0.2) is 9.13 Å². The smallest absolute Gasteiger partial charge is 0.282 e. The fourth-order valence-electron chi connectivity index (χ4n) is 3.48. The summed E-state index contributed by atoms with van der Waals surface area (Å²) in [6.07, 6.45) is 7.54. The molecule has 0 radical (unpaired) electrons. The first-order valence-corrected chi connectivity index (χ1v) is 12.5. The average molecular weight is 545 g/mol. The average Bonchev–Trinajstić information content (AvgIpc) is 3.26. The number of unbranched alkanes of at least 4 members (excludes halogenated alkanes) is 2. The lowest BCUT2D eigenvalue weighted by Gasteiger charge is -2.04. The van der Waals surface area contributed by atoms with Crippen molar-refractivity contribution in [2.24, 2.45) is 12.8 Å². The zero-order valence-electron chi connectivity index (χ0n) is 17.3. The first kappa shape index (κ1) is 24.3. The van der Waals surface area contributed by atoms with Crippen molar-refractivity contribution in [2.45, 2.75) is 32.2 Å². The predicted octanol–water partition coefficient (Wildman–Crippen LogP) is 5.40. The predicted molar refractivity (Wildman–Crippen MR) is 135 cm³/mol. The standard InChI is InChI=1S/C22H25BrCl2N4OS/c1-28-18-13-16(24)17(25)14-19(18)29(12-4-2-3-5-21(30)27-11-10-26)22(28)9-7-15-6-8-20(23)31-15/h6-9,13-14H,2-5,10-12,26H2,1H3/p+1/b9-7+. The normalized spacial score (nSPS) is 11.6. The first-order chi connectivity index (χ1) is 14.9. The van der Waals surface area contributed by atoms with Crippen molar-refractivity contribution >= 4 is 79.6 Å². The highest BCUT2D eigenvalue weighted by Crippen LogP contribution is 2.29. The van der Waals surface area contributed by atoms with E-state index >= 15 is 0 Å². The molecule has 3 N–H and O–H groups in total. The van der Waals surface area contributed by atoms with Crippen molar-refractivity contribution in [3.8, 4) is 0 Å². The van der Waals surface area contributed by atoms with Gasteiger partial charge < -0.3 is 11.1 Å². The number of imidazole rings is 1. The van der Waals surface area contributed by atoms with E-state index in [9.17, 15) is 4.79 Å². The van der Waals surface area contributed by atoms with E-state index in [0.717, 1.165) is 46.5 Å². The zero-order valence-corrected chi connectivity index (χ0v) is 21.3. The van der Waals surface area contributed by atoms with Gasteiger partial charge in [0.25, 0.3) is 5.82 Å². The number of nitrogens with two attached hydrogens (primary N) is 1. The molecule has 0 aliphatic heterocycles. The fraction of sp³-hybridized carbons (Fsp3) is 0.364. The Bertz CT molecular complexity index is 1090. The van der Waals surface area contributed by atoms with Gasteiger partial charge in [0.15, 0.2) is 11.0 Å². The van der Waals surface area contributed by atoms with Gasteiger partial charge in [0.05, 0.1) is 27.4 Å². The van der Waals surface area contributed by atoms with Gasteiger partial charge in [-0.2, -0.15) is 0 Å². The molecule has 1 amide bonds. The Morgan fingerprint density at radius 1 is 1.23 bits per heavy atom. The molecule has 31 heavy (non-hydrogen) atoms. The van der Waals surface area contributed by atoms with E-state index in [-0.39, 0.29) is 5.91 Å². The van der Waals surface area contributed by atoms with E-state index in [4.69, 9.17) is 28.9 Å². The first-order valence-electron chi connectivity index (χ1n) is 10.2. The van der Waals surface area contributed by atoms with Crippen molar-refractivity contribution < 1.29 is 9.36 Å². The fourth-order valence-corrected chi connectivity index (χ4v) is 5.12. The molecule has 0 aliphatic carbocycles. The third-order valence-corrected chi connectivity index (χ3v) is 7.34. The molecule has 166 valence electrons. The molecular formula is C22H26BrCl2N4OS+. The molecular weight excluding hydrogens is 519 g/mol. The van der Waals surface area contributed by atoms with Gasteiger partial charge in [0.1, 0.15) is 0 Å². The lowest BCUT2D eigenvalue weighted by molar-refractivity contribution is -0.647. The van der Waals surface area contributed by atoms with Crippen molar-refractivity contribution in [3.05, 3.63) is 48.8 Å². The van der Waals surface area contributed by atoms with Gasteiger partial charge >= 0.3 is 0 Å². The van der Waals surface area contributed by atoms with Crippen LogP contribution >= 0.6 is 50.5 Å². The van der Waals surface area contributed by atoms with Gasteiger partial charge in [-0.1, -0.05) is 23.2 Å². The van der Waals surface area contributed by atoms with Crippen LogP contribution in [0.2, 0.25) is 10.0 Å².